The Balaban J connectivity index is 1.79. The molecule has 2 amide bonds. The summed E-state index contributed by atoms with van der Waals surface area (Å²) in [4.78, 5) is 34.1. The largest absolute Gasteiger partial charge is 0.444 e. The van der Waals surface area contributed by atoms with Gasteiger partial charge in [-0.3, -0.25) is 4.79 Å². The second-order valence-corrected chi connectivity index (χ2v) is 9.15. The van der Waals surface area contributed by atoms with E-state index in [-0.39, 0.29) is 24.0 Å². The van der Waals surface area contributed by atoms with Crippen molar-refractivity contribution in [2.45, 2.75) is 58.1 Å². The molecule has 1 aliphatic heterocycles. The lowest BCUT2D eigenvalue weighted by molar-refractivity contribution is -0.137. The van der Waals surface area contributed by atoms with Crippen LogP contribution in [0, 0.1) is 0 Å². The second kappa shape index (κ2) is 9.54. The highest BCUT2D eigenvalue weighted by Crippen LogP contribution is 2.30. The number of rotatable bonds is 5. The summed E-state index contributed by atoms with van der Waals surface area (Å²) in [5, 5.41) is 0. The number of aromatic nitrogens is 2. The zero-order valence-corrected chi connectivity index (χ0v) is 19.2. The standard InChI is InChI=1S/C24H34N4O3/c1-6-18(19-10-8-7-9-11-19)16-21(29)28-15-14-27(23(30)31-24(2,3)4)17-20(28)22-25-12-13-26(22)5/h7-13,18,20H,6,14-17H2,1-5H3/t18-,20+/m0/s1. The van der Waals surface area contributed by atoms with Crippen molar-refractivity contribution in [3.8, 4) is 0 Å². The van der Waals surface area contributed by atoms with Crippen LogP contribution in [-0.2, 0) is 16.6 Å². The lowest BCUT2D eigenvalue weighted by Crippen LogP contribution is -2.53. The van der Waals surface area contributed by atoms with Gasteiger partial charge >= 0.3 is 6.09 Å². The van der Waals surface area contributed by atoms with E-state index in [2.05, 4.69) is 24.0 Å². The van der Waals surface area contributed by atoms with Gasteiger partial charge in [-0.25, -0.2) is 9.78 Å². The van der Waals surface area contributed by atoms with Crippen molar-refractivity contribution in [3.63, 3.8) is 0 Å². The molecule has 1 fully saturated rings. The van der Waals surface area contributed by atoms with Crippen molar-refractivity contribution in [1.29, 1.82) is 0 Å². The molecule has 2 aromatic rings. The minimum absolute atomic E-state index is 0.0903. The summed E-state index contributed by atoms with van der Waals surface area (Å²) in [5.41, 5.74) is 0.617. The molecule has 0 radical (unpaired) electrons. The van der Waals surface area contributed by atoms with E-state index >= 15 is 0 Å². The summed E-state index contributed by atoms with van der Waals surface area (Å²) in [6.07, 6.45) is 4.57. The quantitative estimate of drug-likeness (QED) is 0.721. The van der Waals surface area contributed by atoms with Crippen LogP contribution >= 0.6 is 0 Å². The number of piperazine rings is 1. The van der Waals surface area contributed by atoms with Crippen LogP contribution in [0.15, 0.2) is 42.7 Å². The number of nitrogens with zero attached hydrogens (tertiary/aromatic N) is 4. The number of benzene rings is 1. The number of carbonyl (C=O) groups excluding carboxylic acids is 2. The lowest BCUT2D eigenvalue weighted by atomic mass is 9.92. The highest BCUT2D eigenvalue weighted by Gasteiger charge is 2.37. The van der Waals surface area contributed by atoms with E-state index in [1.165, 1.54) is 5.56 Å². The number of aryl methyl sites for hydroxylation is 1. The maximum absolute atomic E-state index is 13.4. The van der Waals surface area contributed by atoms with Gasteiger partial charge in [-0.15, -0.1) is 0 Å². The van der Waals surface area contributed by atoms with Gasteiger partial charge < -0.3 is 19.1 Å². The Morgan fingerprint density at radius 1 is 1.19 bits per heavy atom. The predicted octanol–water partition coefficient (Wildman–Crippen LogP) is 4.12. The first-order valence-corrected chi connectivity index (χ1v) is 11.0. The minimum atomic E-state index is -0.563. The number of ether oxygens (including phenoxy) is 1. The Hall–Kier alpha value is -2.83. The number of hydrogen-bond acceptors (Lipinski definition) is 4. The first-order valence-electron chi connectivity index (χ1n) is 11.0. The molecule has 0 spiro atoms. The van der Waals surface area contributed by atoms with Crippen molar-refractivity contribution in [2.75, 3.05) is 19.6 Å². The van der Waals surface area contributed by atoms with Crippen molar-refractivity contribution in [1.82, 2.24) is 19.4 Å². The van der Waals surface area contributed by atoms with E-state index in [9.17, 15) is 9.59 Å². The Bertz CT molecular complexity index is 888. The summed E-state index contributed by atoms with van der Waals surface area (Å²) < 4.78 is 7.48. The third-order valence-electron chi connectivity index (χ3n) is 5.69. The molecule has 1 aliphatic rings. The zero-order valence-electron chi connectivity index (χ0n) is 19.2. The first kappa shape index (κ1) is 22.8. The van der Waals surface area contributed by atoms with Gasteiger partial charge in [-0.05, 0) is 38.7 Å². The SMILES string of the molecule is CC[C@@H](CC(=O)N1CCN(C(=O)OC(C)(C)C)C[C@@H]1c1nccn1C)c1ccccc1. The first-order chi connectivity index (χ1) is 14.7. The van der Waals surface area contributed by atoms with Gasteiger partial charge in [0.15, 0.2) is 0 Å². The van der Waals surface area contributed by atoms with Gasteiger partial charge in [-0.1, -0.05) is 37.3 Å². The molecule has 0 unspecified atom stereocenters. The van der Waals surface area contributed by atoms with Crippen LogP contribution in [0.2, 0.25) is 0 Å². The normalized spacial score (nSPS) is 18.0. The van der Waals surface area contributed by atoms with Crippen LogP contribution in [0.5, 0.6) is 0 Å². The van der Waals surface area contributed by atoms with Crippen molar-refractivity contribution < 1.29 is 14.3 Å². The average molecular weight is 427 g/mol. The van der Waals surface area contributed by atoms with E-state index in [1.54, 1.807) is 11.1 Å². The Morgan fingerprint density at radius 2 is 1.90 bits per heavy atom. The average Bonchev–Trinajstić information content (AvgIpc) is 3.16. The van der Waals surface area contributed by atoms with Gasteiger partial charge in [0, 0.05) is 39.0 Å². The Labute approximate surface area is 185 Å². The van der Waals surface area contributed by atoms with Crippen LogP contribution < -0.4 is 0 Å². The summed E-state index contributed by atoms with van der Waals surface area (Å²) in [5.74, 6) is 1.03. The molecular formula is C24H34N4O3. The van der Waals surface area contributed by atoms with E-state index in [1.807, 2.05) is 61.7 Å². The molecule has 0 saturated carbocycles. The molecule has 2 atom stereocenters. The van der Waals surface area contributed by atoms with Gasteiger partial charge in [0.2, 0.25) is 5.91 Å². The van der Waals surface area contributed by atoms with Gasteiger partial charge in [0.05, 0.1) is 6.54 Å². The summed E-state index contributed by atoms with van der Waals surface area (Å²) in [6, 6.07) is 9.88. The highest BCUT2D eigenvalue weighted by molar-refractivity contribution is 5.78. The molecule has 0 N–H and O–H groups in total. The molecule has 2 heterocycles. The van der Waals surface area contributed by atoms with Crippen molar-refractivity contribution in [3.05, 3.63) is 54.1 Å². The van der Waals surface area contributed by atoms with Crippen LogP contribution in [-0.4, -0.2) is 56.6 Å². The number of carbonyl (C=O) groups is 2. The molecule has 168 valence electrons. The van der Waals surface area contributed by atoms with Gasteiger partial charge in [-0.2, -0.15) is 0 Å². The molecule has 1 saturated heterocycles. The second-order valence-electron chi connectivity index (χ2n) is 9.15. The molecule has 31 heavy (non-hydrogen) atoms. The lowest BCUT2D eigenvalue weighted by Gasteiger charge is -2.41. The summed E-state index contributed by atoms with van der Waals surface area (Å²) in [6.45, 7) is 8.96. The van der Waals surface area contributed by atoms with E-state index in [0.717, 1.165) is 12.2 Å². The fourth-order valence-corrected chi connectivity index (χ4v) is 4.04. The van der Waals surface area contributed by atoms with Crippen LogP contribution in [0.4, 0.5) is 4.79 Å². The zero-order chi connectivity index (χ0) is 22.6. The molecule has 0 bridgehead atoms. The fraction of sp³-hybridized carbons (Fsp3) is 0.542. The molecule has 1 aromatic carbocycles. The minimum Gasteiger partial charge on any atom is -0.444 e. The molecule has 7 nitrogen and oxygen atoms in total. The third kappa shape index (κ3) is 5.66. The highest BCUT2D eigenvalue weighted by atomic mass is 16.6. The van der Waals surface area contributed by atoms with E-state index in [0.29, 0.717) is 26.1 Å². The molecule has 3 rings (SSSR count). The third-order valence-corrected chi connectivity index (χ3v) is 5.69. The predicted molar refractivity (Wildman–Crippen MR) is 120 cm³/mol. The molecule has 7 heteroatoms. The number of amides is 2. The van der Waals surface area contributed by atoms with Gasteiger partial charge in [0.1, 0.15) is 17.5 Å². The molecular weight excluding hydrogens is 392 g/mol. The fourth-order valence-electron chi connectivity index (χ4n) is 4.04. The summed E-state index contributed by atoms with van der Waals surface area (Å²) >= 11 is 0. The van der Waals surface area contributed by atoms with Crippen molar-refractivity contribution in [2.24, 2.45) is 7.05 Å². The van der Waals surface area contributed by atoms with Crippen LogP contribution in [0.3, 0.4) is 0 Å². The van der Waals surface area contributed by atoms with Crippen LogP contribution in [0.25, 0.3) is 0 Å². The summed E-state index contributed by atoms with van der Waals surface area (Å²) in [7, 11) is 1.91. The number of hydrogen-bond donors (Lipinski definition) is 0. The van der Waals surface area contributed by atoms with Crippen molar-refractivity contribution >= 4 is 12.0 Å². The molecule has 0 aliphatic carbocycles. The number of imidazole rings is 1. The maximum Gasteiger partial charge on any atom is 0.410 e. The monoisotopic (exact) mass is 426 g/mol. The van der Waals surface area contributed by atoms with Crippen LogP contribution in [0.1, 0.15) is 63.9 Å². The smallest absolute Gasteiger partial charge is 0.410 e. The Kier molecular flexibility index (Phi) is 7.03. The van der Waals surface area contributed by atoms with Gasteiger partial charge in [0.25, 0.3) is 0 Å². The Morgan fingerprint density at radius 3 is 2.48 bits per heavy atom. The maximum atomic E-state index is 13.4. The molecule has 1 aromatic heterocycles. The topological polar surface area (TPSA) is 67.7 Å². The van der Waals surface area contributed by atoms with E-state index in [4.69, 9.17) is 4.74 Å². The van der Waals surface area contributed by atoms with E-state index < -0.39 is 5.60 Å².